The van der Waals surface area contributed by atoms with Gasteiger partial charge in [0.15, 0.2) is 11.3 Å². The van der Waals surface area contributed by atoms with Crippen molar-refractivity contribution in [1.82, 2.24) is 29.4 Å². The van der Waals surface area contributed by atoms with Gasteiger partial charge in [-0.25, -0.2) is 14.4 Å². The van der Waals surface area contributed by atoms with Gasteiger partial charge in [-0.3, -0.25) is 19.3 Å². The molecule has 4 heterocycles. The summed E-state index contributed by atoms with van der Waals surface area (Å²) in [7, 11) is 0. The number of hydrogen-bond acceptors (Lipinski definition) is 6. The second kappa shape index (κ2) is 9.92. The van der Waals surface area contributed by atoms with Gasteiger partial charge in [0.05, 0.1) is 23.6 Å². The predicted octanol–water partition coefficient (Wildman–Crippen LogP) is 5.37. The van der Waals surface area contributed by atoms with Crippen molar-refractivity contribution in [3.8, 4) is 0 Å². The number of likely N-dealkylation sites (tertiary alicyclic amines) is 1. The smallest absolute Gasteiger partial charge is 0.369 e. The Balaban J connectivity index is 1.56. The van der Waals surface area contributed by atoms with Gasteiger partial charge in [0.25, 0.3) is 5.56 Å². The van der Waals surface area contributed by atoms with Gasteiger partial charge in [-0.15, -0.1) is 0 Å². The second-order valence-corrected chi connectivity index (χ2v) is 9.90. The number of aromatic nitrogens is 5. The number of nitrogens with zero attached hydrogens (tertiary/aromatic N) is 6. The summed E-state index contributed by atoms with van der Waals surface area (Å²) >= 11 is 0. The average Bonchev–Trinajstić information content (AvgIpc) is 2.87. The van der Waals surface area contributed by atoms with Crippen LogP contribution in [0.5, 0.6) is 0 Å². The monoisotopic (exact) mass is 528 g/mol. The summed E-state index contributed by atoms with van der Waals surface area (Å²) in [5.41, 5.74) is 2.05. The lowest BCUT2D eigenvalue weighted by Crippen LogP contribution is -2.37. The van der Waals surface area contributed by atoms with Crippen molar-refractivity contribution in [2.24, 2.45) is 0 Å². The van der Waals surface area contributed by atoms with Gasteiger partial charge >= 0.3 is 6.18 Å². The molecule has 0 amide bonds. The van der Waals surface area contributed by atoms with Crippen molar-refractivity contribution >= 4 is 11.2 Å². The quantitative estimate of drug-likeness (QED) is 0.424. The van der Waals surface area contributed by atoms with Crippen LogP contribution in [-0.4, -0.2) is 42.5 Å². The van der Waals surface area contributed by atoms with E-state index in [4.69, 9.17) is 0 Å². The van der Waals surface area contributed by atoms with Gasteiger partial charge in [0, 0.05) is 43.7 Å². The Bertz CT molecular complexity index is 1520. The van der Waals surface area contributed by atoms with Crippen molar-refractivity contribution < 1.29 is 17.6 Å². The molecule has 5 rings (SSSR count). The Labute approximate surface area is 217 Å². The van der Waals surface area contributed by atoms with Gasteiger partial charge in [0.1, 0.15) is 11.3 Å². The lowest BCUT2D eigenvalue weighted by Gasteiger charge is -2.37. The Morgan fingerprint density at radius 3 is 2.45 bits per heavy atom. The van der Waals surface area contributed by atoms with Crippen LogP contribution in [0.25, 0.3) is 11.2 Å². The first-order valence-corrected chi connectivity index (χ1v) is 12.6. The van der Waals surface area contributed by atoms with Gasteiger partial charge in [0.2, 0.25) is 0 Å². The van der Waals surface area contributed by atoms with E-state index in [-0.39, 0.29) is 23.1 Å². The third-order valence-electron chi connectivity index (χ3n) is 7.38. The van der Waals surface area contributed by atoms with E-state index in [9.17, 15) is 22.4 Å². The molecule has 0 saturated carbocycles. The molecule has 0 bridgehead atoms. The fourth-order valence-electron chi connectivity index (χ4n) is 5.60. The summed E-state index contributed by atoms with van der Waals surface area (Å²) in [5, 5.41) is 0. The minimum absolute atomic E-state index is 0.109. The van der Waals surface area contributed by atoms with Crippen LogP contribution >= 0.6 is 0 Å². The molecule has 1 saturated heterocycles. The normalized spacial score (nSPS) is 17.3. The van der Waals surface area contributed by atoms with Gasteiger partial charge in [-0.1, -0.05) is 6.08 Å². The van der Waals surface area contributed by atoms with Crippen LogP contribution in [0.15, 0.2) is 46.6 Å². The number of rotatable bonds is 4. The molecule has 0 aromatic carbocycles. The number of allylic oxidation sites excluding steroid dienone is 3. The highest BCUT2D eigenvalue weighted by Gasteiger charge is 2.37. The molecule has 0 spiro atoms. The van der Waals surface area contributed by atoms with Crippen LogP contribution in [0, 0.1) is 13.8 Å². The van der Waals surface area contributed by atoms with E-state index in [1.165, 1.54) is 10.8 Å². The third-order valence-corrected chi connectivity index (χ3v) is 7.38. The highest BCUT2D eigenvalue weighted by molar-refractivity contribution is 5.76. The third kappa shape index (κ3) is 4.69. The number of alkyl halides is 3. The first-order valence-electron chi connectivity index (χ1n) is 12.6. The summed E-state index contributed by atoms with van der Waals surface area (Å²) in [6.07, 6.45) is 3.33. The van der Waals surface area contributed by atoms with Crippen LogP contribution in [0.3, 0.4) is 0 Å². The molecule has 0 N–H and O–H groups in total. The largest absolute Gasteiger partial charge is 0.435 e. The van der Waals surface area contributed by atoms with E-state index in [2.05, 4.69) is 19.9 Å². The zero-order valence-corrected chi connectivity index (χ0v) is 21.4. The van der Waals surface area contributed by atoms with Crippen molar-refractivity contribution in [2.45, 2.75) is 65.1 Å². The van der Waals surface area contributed by atoms with Gasteiger partial charge in [-0.2, -0.15) is 13.2 Å². The molecule has 200 valence electrons. The van der Waals surface area contributed by atoms with E-state index in [0.717, 1.165) is 11.8 Å². The Hall–Kier alpha value is -3.63. The summed E-state index contributed by atoms with van der Waals surface area (Å²) < 4.78 is 56.8. The van der Waals surface area contributed by atoms with Crippen molar-refractivity contribution in [1.29, 1.82) is 0 Å². The zero-order valence-electron chi connectivity index (χ0n) is 21.4. The van der Waals surface area contributed by atoms with Crippen LogP contribution in [0.2, 0.25) is 0 Å². The number of fused-ring (bicyclic) bond motifs is 1. The van der Waals surface area contributed by atoms with Crippen LogP contribution in [0.1, 0.15) is 66.7 Å². The molecule has 3 aromatic rings. The van der Waals surface area contributed by atoms with Crippen LogP contribution in [0.4, 0.5) is 17.6 Å². The topological polar surface area (TPSA) is 76.8 Å². The fourth-order valence-corrected chi connectivity index (χ4v) is 5.60. The maximum Gasteiger partial charge on any atom is 0.435 e. The molecule has 0 atom stereocenters. The molecule has 11 heteroatoms. The zero-order chi connectivity index (χ0) is 27.2. The summed E-state index contributed by atoms with van der Waals surface area (Å²) in [5.74, 6) is -0.263. The Morgan fingerprint density at radius 2 is 1.76 bits per heavy atom. The molecule has 0 unspecified atom stereocenters. The summed E-state index contributed by atoms with van der Waals surface area (Å²) in [4.78, 5) is 32.3. The number of aryl methyl sites for hydroxylation is 2. The molecule has 1 aliphatic carbocycles. The van der Waals surface area contributed by atoms with Crippen LogP contribution < -0.4 is 5.56 Å². The lowest BCUT2D eigenvalue weighted by molar-refractivity contribution is -0.142. The molecule has 0 radical (unpaired) electrons. The van der Waals surface area contributed by atoms with Crippen molar-refractivity contribution in [3.63, 3.8) is 0 Å². The predicted molar refractivity (Wildman–Crippen MR) is 134 cm³/mol. The maximum atomic E-state index is 14.7. The van der Waals surface area contributed by atoms with E-state index < -0.39 is 24.0 Å². The van der Waals surface area contributed by atoms with Gasteiger partial charge < -0.3 is 4.90 Å². The van der Waals surface area contributed by atoms with E-state index in [0.29, 0.717) is 66.8 Å². The molecular weight excluding hydrogens is 500 g/mol. The second-order valence-electron chi connectivity index (χ2n) is 9.90. The molecule has 7 nitrogen and oxygen atoms in total. The number of pyridine rings is 1. The first-order chi connectivity index (χ1) is 18.1. The molecule has 2 aliphatic rings. The fraction of sp³-hybridized carbons (Fsp3) is 0.444. The maximum absolute atomic E-state index is 14.7. The first kappa shape index (κ1) is 26.0. The number of hydrogen-bond donors (Lipinski definition) is 0. The molecule has 1 aliphatic heterocycles. The number of piperidine rings is 1. The minimum Gasteiger partial charge on any atom is -0.369 e. The Kier molecular flexibility index (Phi) is 6.79. The molecule has 1 fully saturated rings. The highest BCUT2D eigenvalue weighted by atomic mass is 19.4. The standard InChI is InChI=1S/C27H28F4N6O/c1-15-5-4-6-19(28)23(15)36-11-7-18(8-12-36)21-17(3)22-25(35-16(2)13-34-22)37(26(21)38)14-20-24(27(29,30)31)33-10-9-32-20/h5,9-10,13,18H,4,6-8,11-12,14H2,1-3H3. The number of halogens is 4. The summed E-state index contributed by atoms with van der Waals surface area (Å²) in [6.45, 7) is 6.12. The molecule has 3 aromatic heterocycles. The van der Waals surface area contributed by atoms with E-state index >= 15 is 0 Å². The van der Waals surface area contributed by atoms with Crippen molar-refractivity contribution in [3.05, 3.63) is 80.3 Å². The van der Waals surface area contributed by atoms with E-state index in [1.807, 2.05) is 17.9 Å². The Morgan fingerprint density at radius 1 is 1.05 bits per heavy atom. The molecule has 38 heavy (non-hydrogen) atoms. The average molecular weight is 529 g/mol. The van der Waals surface area contributed by atoms with Gasteiger partial charge in [-0.05, 0) is 57.1 Å². The SMILES string of the molecule is CC1=CCCC(F)=C1N1CCC(c2c(C)c3ncc(C)nc3n(Cc3nccnc3C(F)(F)F)c2=O)CC1. The van der Waals surface area contributed by atoms with E-state index in [1.54, 1.807) is 20.0 Å². The van der Waals surface area contributed by atoms with Crippen LogP contribution in [-0.2, 0) is 12.7 Å². The molecular formula is C27H28F4N6O. The lowest BCUT2D eigenvalue weighted by atomic mass is 9.86. The highest BCUT2D eigenvalue weighted by Crippen LogP contribution is 2.36. The van der Waals surface area contributed by atoms with Crippen molar-refractivity contribution in [2.75, 3.05) is 13.1 Å². The summed E-state index contributed by atoms with van der Waals surface area (Å²) in [6, 6.07) is 0. The minimum atomic E-state index is -4.72.